The molecule has 2 aromatic rings. The van der Waals surface area contributed by atoms with Crippen molar-refractivity contribution in [1.82, 2.24) is 4.98 Å². The molecule has 1 aromatic carbocycles. The summed E-state index contributed by atoms with van der Waals surface area (Å²) in [6.07, 6.45) is 1.61. The molecule has 0 atom stereocenters. The molecule has 0 spiro atoms. The average molecular weight is 352 g/mol. The van der Waals surface area contributed by atoms with E-state index in [2.05, 4.69) is 26.2 Å². The minimum atomic E-state index is -0.334. The number of halogens is 3. The molecule has 3 nitrogen and oxygen atoms in total. The number of carbonyl (C=O) groups excluding carboxylic acids is 1. The van der Waals surface area contributed by atoms with E-state index < -0.39 is 0 Å². The van der Waals surface area contributed by atoms with Gasteiger partial charge >= 0.3 is 0 Å². The lowest BCUT2D eigenvalue weighted by molar-refractivity contribution is 0.102. The molecule has 0 fully saturated rings. The van der Waals surface area contributed by atoms with E-state index in [4.69, 9.17) is 23.2 Å². The van der Waals surface area contributed by atoms with Crippen LogP contribution in [0.5, 0.6) is 0 Å². The first-order valence-corrected chi connectivity index (χ1v) is 6.80. The number of thiazole rings is 1. The molecule has 0 saturated carbocycles. The summed E-state index contributed by atoms with van der Waals surface area (Å²) in [6.45, 7) is 0. The fourth-order valence-electron chi connectivity index (χ4n) is 1.15. The van der Waals surface area contributed by atoms with E-state index >= 15 is 0 Å². The third-order valence-corrected chi connectivity index (χ3v) is 3.83. The highest BCUT2D eigenvalue weighted by Crippen LogP contribution is 2.25. The van der Waals surface area contributed by atoms with Crippen LogP contribution in [-0.4, -0.2) is 10.9 Å². The normalized spacial score (nSPS) is 10.3. The van der Waals surface area contributed by atoms with E-state index in [1.165, 1.54) is 17.4 Å². The van der Waals surface area contributed by atoms with E-state index in [-0.39, 0.29) is 5.91 Å². The van der Waals surface area contributed by atoms with E-state index in [0.29, 0.717) is 20.7 Å². The summed E-state index contributed by atoms with van der Waals surface area (Å²) in [7, 11) is 0. The van der Waals surface area contributed by atoms with Crippen LogP contribution in [0, 0.1) is 0 Å². The summed E-state index contributed by atoms with van der Waals surface area (Å²) < 4.78 is 0.838. The van der Waals surface area contributed by atoms with Gasteiger partial charge in [0.05, 0.1) is 20.6 Å². The topological polar surface area (TPSA) is 42.0 Å². The number of aromatic nitrogens is 1. The molecule has 0 saturated heterocycles. The number of hydrogen-bond acceptors (Lipinski definition) is 3. The number of carbonyl (C=O) groups is 1. The zero-order valence-electron chi connectivity index (χ0n) is 8.21. The van der Waals surface area contributed by atoms with Crippen LogP contribution in [0.2, 0.25) is 10.0 Å². The first kappa shape index (κ1) is 12.8. The molecule has 88 valence electrons. The van der Waals surface area contributed by atoms with Crippen molar-refractivity contribution in [1.29, 1.82) is 0 Å². The van der Waals surface area contributed by atoms with Crippen LogP contribution < -0.4 is 5.32 Å². The predicted molar refractivity (Wildman–Crippen MR) is 74.2 cm³/mol. The van der Waals surface area contributed by atoms with Gasteiger partial charge in [-0.1, -0.05) is 34.5 Å². The van der Waals surface area contributed by atoms with Crippen LogP contribution in [0.1, 0.15) is 10.4 Å². The van der Waals surface area contributed by atoms with Crippen LogP contribution >= 0.6 is 50.5 Å². The minimum Gasteiger partial charge on any atom is -0.298 e. The highest BCUT2D eigenvalue weighted by atomic mass is 79.9. The number of hydrogen-bond donors (Lipinski definition) is 1. The molecule has 0 radical (unpaired) electrons. The SMILES string of the molecule is O=C(Nc1ncc(Br)s1)c1cc(Cl)ccc1Cl. The maximum absolute atomic E-state index is 11.9. The number of benzene rings is 1. The average Bonchev–Trinajstić information content (AvgIpc) is 2.67. The lowest BCUT2D eigenvalue weighted by atomic mass is 10.2. The van der Waals surface area contributed by atoms with Gasteiger partial charge in [0.1, 0.15) is 0 Å². The Morgan fingerprint density at radius 3 is 2.82 bits per heavy atom. The number of anilines is 1. The standard InChI is InChI=1S/C10H5BrCl2N2OS/c11-8-4-14-10(17-8)15-9(16)6-3-5(12)1-2-7(6)13/h1-4H,(H,14,15,16). The van der Waals surface area contributed by atoms with Crippen LogP contribution in [-0.2, 0) is 0 Å². The molecule has 1 amide bonds. The fourth-order valence-corrected chi connectivity index (χ4v) is 2.63. The maximum Gasteiger partial charge on any atom is 0.259 e. The van der Waals surface area contributed by atoms with Crippen molar-refractivity contribution in [2.45, 2.75) is 0 Å². The largest absolute Gasteiger partial charge is 0.298 e. The van der Waals surface area contributed by atoms with Crippen LogP contribution in [0.3, 0.4) is 0 Å². The molecule has 0 unspecified atom stereocenters. The molecular weight excluding hydrogens is 347 g/mol. The smallest absolute Gasteiger partial charge is 0.259 e. The number of rotatable bonds is 2. The lowest BCUT2D eigenvalue weighted by Gasteiger charge is -2.04. The molecule has 17 heavy (non-hydrogen) atoms. The molecule has 2 rings (SSSR count). The van der Waals surface area contributed by atoms with Crippen molar-refractivity contribution >= 4 is 61.5 Å². The third kappa shape index (κ3) is 3.19. The molecule has 1 aromatic heterocycles. The van der Waals surface area contributed by atoms with Gasteiger partial charge < -0.3 is 0 Å². The van der Waals surface area contributed by atoms with E-state index in [0.717, 1.165) is 3.79 Å². The van der Waals surface area contributed by atoms with Gasteiger partial charge in [0.25, 0.3) is 5.91 Å². The zero-order valence-corrected chi connectivity index (χ0v) is 12.1. The van der Waals surface area contributed by atoms with Gasteiger partial charge in [-0.15, -0.1) is 0 Å². The van der Waals surface area contributed by atoms with Crippen LogP contribution in [0.4, 0.5) is 5.13 Å². The first-order valence-electron chi connectivity index (χ1n) is 4.44. The molecule has 1 heterocycles. The Morgan fingerprint density at radius 2 is 2.18 bits per heavy atom. The van der Waals surface area contributed by atoms with E-state index in [1.807, 2.05) is 0 Å². The van der Waals surface area contributed by atoms with E-state index in [1.54, 1.807) is 18.3 Å². The predicted octanol–water partition coefficient (Wildman–Crippen LogP) is 4.46. The van der Waals surface area contributed by atoms with Gasteiger partial charge in [0, 0.05) is 5.02 Å². The summed E-state index contributed by atoms with van der Waals surface area (Å²) in [5.41, 5.74) is 0.325. The molecular formula is C10H5BrCl2N2OS. The molecule has 0 bridgehead atoms. The van der Waals surface area contributed by atoms with Gasteiger partial charge in [-0.05, 0) is 34.1 Å². The van der Waals surface area contributed by atoms with E-state index in [9.17, 15) is 4.79 Å². The Balaban J connectivity index is 2.22. The number of nitrogens with zero attached hydrogens (tertiary/aromatic N) is 1. The van der Waals surface area contributed by atoms with Crippen molar-refractivity contribution < 1.29 is 4.79 Å². The highest BCUT2D eigenvalue weighted by molar-refractivity contribution is 9.11. The molecule has 1 N–H and O–H groups in total. The second-order valence-electron chi connectivity index (χ2n) is 3.05. The van der Waals surface area contributed by atoms with Crippen molar-refractivity contribution in [2.24, 2.45) is 0 Å². The number of amides is 1. The Bertz CT molecular complexity index is 573. The van der Waals surface area contributed by atoms with Gasteiger partial charge in [0.15, 0.2) is 5.13 Å². The summed E-state index contributed by atoms with van der Waals surface area (Å²) >= 11 is 16.3. The van der Waals surface area contributed by atoms with Gasteiger partial charge in [-0.3, -0.25) is 10.1 Å². The fraction of sp³-hybridized carbons (Fsp3) is 0. The van der Waals surface area contributed by atoms with Crippen molar-refractivity contribution in [2.75, 3.05) is 5.32 Å². The lowest BCUT2D eigenvalue weighted by Crippen LogP contribution is -2.12. The summed E-state index contributed by atoms with van der Waals surface area (Å²) in [6, 6.07) is 4.72. The van der Waals surface area contributed by atoms with Crippen LogP contribution in [0.25, 0.3) is 0 Å². The Kier molecular flexibility index (Phi) is 4.04. The summed E-state index contributed by atoms with van der Waals surface area (Å²) in [5, 5.41) is 3.95. The van der Waals surface area contributed by atoms with Crippen molar-refractivity contribution in [3.63, 3.8) is 0 Å². The second-order valence-corrected chi connectivity index (χ2v) is 6.30. The molecule has 0 aliphatic heterocycles. The first-order chi connectivity index (χ1) is 8.06. The van der Waals surface area contributed by atoms with Crippen molar-refractivity contribution in [3.8, 4) is 0 Å². The van der Waals surface area contributed by atoms with Gasteiger partial charge in [0.2, 0.25) is 0 Å². The summed E-state index contributed by atoms with van der Waals surface area (Å²) in [5.74, 6) is -0.334. The Labute approximate surface area is 120 Å². The van der Waals surface area contributed by atoms with Gasteiger partial charge in [-0.25, -0.2) is 4.98 Å². The van der Waals surface area contributed by atoms with Crippen LogP contribution in [0.15, 0.2) is 28.2 Å². The molecule has 0 aliphatic rings. The Hall–Kier alpha value is -0.620. The van der Waals surface area contributed by atoms with Crippen molar-refractivity contribution in [3.05, 3.63) is 43.8 Å². The molecule has 7 heteroatoms. The monoisotopic (exact) mass is 350 g/mol. The number of nitrogens with one attached hydrogen (secondary N) is 1. The quantitative estimate of drug-likeness (QED) is 0.867. The minimum absolute atomic E-state index is 0.325. The van der Waals surface area contributed by atoms with Gasteiger partial charge in [-0.2, -0.15) is 0 Å². The molecule has 0 aliphatic carbocycles. The maximum atomic E-state index is 11.9. The highest BCUT2D eigenvalue weighted by Gasteiger charge is 2.12. The third-order valence-electron chi connectivity index (χ3n) is 1.87. The summed E-state index contributed by atoms with van der Waals surface area (Å²) in [4.78, 5) is 15.9. The zero-order chi connectivity index (χ0) is 12.4. The second kappa shape index (κ2) is 5.35. The Morgan fingerprint density at radius 1 is 1.41 bits per heavy atom.